The van der Waals surface area contributed by atoms with E-state index in [0.717, 1.165) is 46.6 Å². The maximum absolute atomic E-state index is 13.9. The summed E-state index contributed by atoms with van der Waals surface area (Å²) in [5.41, 5.74) is -0.0160. The first-order valence-electron chi connectivity index (χ1n) is 11.6. The van der Waals surface area contributed by atoms with Crippen molar-refractivity contribution in [1.82, 2.24) is 15.1 Å². The van der Waals surface area contributed by atoms with Crippen LogP contribution in [0.1, 0.15) is 72.4 Å². The van der Waals surface area contributed by atoms with Crippen LogP contribution in [0.4, 0.5) is 19.0 Å². The molecule has 10 heteroatoms. The summed E-state index contributed by atoms with van der Waals surface area (Å²) in [6.07, 6.45) is 2.61. The van der Waals surface area contributed by atoms with E-state index in [9.17, 15) is 18.0 Å². The van der Waals surface area contributed by atoms with Gasteiger partial charge in [-0.25, -0.2) is 4.68 Å². The fraction of sp³-hybridized carbons (Fsp3) is 0.652. The molecule has 178 valence electrons. The number of hydrogen-bond acceptors (Lipinski definition) is 4. The van der Waals surface area contributed by atoms with E-state index in [1.54, 1.807) is 12.1 Å². The van der Waals surface area contributed by atoms with Crippen LogP contribution in [0.15, 0.2) is 17.5 Å². The third-order valence-electron chi connectivity index (χ3n) is 8.19. The minimum absolute atomic E-state index is 0.0477. The average molecular weight is 499 g/mol. The fourth-order valence-electron chi connectivity index (χ4n) is 7.27. The van der Waals surface area contributed by atoms with Crippen LogP contribution < -0.4 is 10.6 Å². The maximum Gasteiger partial charge on any atom is 0.410 e. The topological polar surface area (TPSA) is 59.0 Å². The zero-order valence-electron chi connectivity index (χ0n) is 18.0. The molecule has 2 aromatic heterocycles. The number of fused-ring (bicyclic) bond motifs is 1. The molecule has 0 aromatic carbocycles. The van der Waals surface area contributed by atoms with Crippen LogP contribution in [0, 0.1) is 23.2 Å². The van der Waals surface area contributed by atoms with Crippen LogP contribution >= 0.6 is 22.9 Å². The lowest BCUT2D eigenvalue weighted by Crippen LogP contribution is -2.51. The highest BCUT2D eigenvalue weighted by molar-refractivity contribution is 7.10. The van der Waals surface area contributed by atoms with Gasteiger partial charge in [-0.1, -0.05) is 17.7 Å². The van der Waals surface area contributed by atoms with Gasteiger partial charge in [-0.2, -0.15) is 18.3 Å². The van der Waals surface area contributed by atoms with E-state index in [-0.39, 0.29) is 28.4 Å². The molecule has 0 spiro atoms. The lowest BCUT2D eigenvalue weighted by molar-refractivity contribution is -0.173. The zero-order chi connectivity index (χ0) is 23.0. The summed E-state index contributed by atoms with van der Waals surface area (Å²) in [7, 11) is 0. The first-order chi connectivity index (χ1) is 15.7. The Bertz CT molecular complexity index is 1030. The molecule has 7 rings (SSSR count). The lowest BCUT2D eigenvalue weighted by atomic mass is 9.49. The second-order valence-electron chi connectivity index (χ2n) is 10.6. The molecule has 2 aromatic rings. The van der Waals surface area contributed by atoms with Crippen LogP contribution in [-0.2, 0) is 0 Å². The summed E-state index contributed by atoms with van der Waals surface area (Å²) < 4.78 is 42.6. The van der Waals surface area contributed by atoms with Crippen LogP contribution in [0.5, 0.6) is 0 Å². The van der Waals surface area contributed by atoms with Crippen molar-refractivity contribution in [2.75, 3.05) is 11.9 Å². The van der Waals surface area contributed by atoms with E-state index in [4.69, 9.17) is 11.6 Å². The summed E-state index contributed by atoms with van der Waals surface area (Å²) in [5, 5.41) is 11.9. The number of anilines is 1. The number of halogens is 4. The van der Waals surface area contributed by atoms with Gasteiger partial charge in [-0.3, -0.25) is 4.79 Å². The van der Waals surface area contributed by atoms with E-state index in [0.29, 0.717) is 6.54 Å². The quantitative estimate of drug-likeness (QED) is 0.527. The van der Waals surface area contributed by atoms with Crippen molar-refractivity contribution in [2.45, 2.75) is 63.2 Å². The monoisotopic (exact) mass is 498 g/mol. The highest BCUT2D eigenvalue weighted by Crippen LogP contribution is 2.59. The van der Waals surface area contributed by atoms with Crippen LogP contribution in [-0.4, -0.2) is 28.4 Å². The number of amides is 1. The summed E-state index contributed by atoms with van der Waals surface area (Å²) in [5.74, 6) is 1.82. The standard InChI is InChI=1S/C23H26ClF3N4OS/c24-18-19(21(32)28-11-22-8-12-4-13(9-22)6-14(5-12)10-22)30-31-17(23(25,26)27)7-15(29-20(18)31)16-2-1-3-33-16/h1-3,12-15,17,29H,4-11H2,(H,28,32). The van der Waals surface area contributed by atoms with Gasteiger partial charge in [0, 0.05) is 17.8 Å². The van der Waals surface area contributed by atoms with Crippen molar-refractivity contribution in [3.05, 3.63) is 33.1 Å². The molecular formula is C23H26ClF3N4OS. The SMILES string of the molecule is O=C(NCC12CC3CC(CC(C3)C1)C2)c1nn2c(c1Cl)NC(c1cccs1)CC2C(F)(F)F. The molecule has 33 heavy (non-hydrogen) atoms. The Balaban J connectivity index is 1.24. The van der Waals surface area contributed by atoms with Gasteiger partial charge in [0.05, 0.1) is 6.04 Å². The van der Waals surface area contributed by atoms with Crippen molar-refractivity contribution in [3.63, 3.8) is 0 Å². The number of carbonyl (C=O) groups excluding carboxylic acids is 1. The van der Waals surface area contributed by atoms with Crippen LogP contribution in [0.25, 0.3) is 0 Å². The Morgan fingerprint density at radius 2 is 1.88 bits per heavy atom. The van der Waals surface area contributed by atoms with Gasteiger partial charge in [0.15, 0.2) is 11.7 Å². The number of carbonyl (C=O) groups is 1. The van der Waals surface area contributed by atoms with E-state index in [1.807, 2.05) is 5.38 Å². The zero-order valence-corrected chi connectivity index (χ0v) is 19.6. The molecule has 4 fully saturated rings. The van der Waals surface area contributed by atoms with Crippen LogP contribution in [0.2, 0.25) is 5.02 Å². The fourth-order valence-corrected chi connectivity index (χ4v) is 8.32. The number of alkyl halides is 3. The minimum Gasteiger partial charge on any atom is -0.361 e. The molecule has 5 aliphatic rings. The molecule has 3 heterocycles. The van der Waals surface area contributed by atoms with E-state index in [2.05, 4.69) is 15.7 Å². The van der Waals surface area contributed by atoms with Gasteiger partial charge in [-0.15, -0.1) is 11.3 Å². The average Bonchev–Trinajstić information content (AvgIpc) is 3.38. The van der Waals surface area contributed by atoms with E-state index >= 15 is 0 Å². The molecule has 1 amide bonds. The number of nitrogens with zero attached hydrogens (tertiary/aromatic N) is 2. The number of hydrogen-bond donors (Lipinski definition) is 2. The molecule has 2 N–H and O–H groups in total. The number of aromatic nitrogens is 2. The first kappa shape index (κ1) is 21.8. The smallest absolute Gasteiger partial charge is 0.361 e. The number of thiophene rings is 1. The van der Waals surface area contributed by atoms with Crippen molar-refractivity contribution >= 4 is 34.7 Å². The Hall–Kier alpha value is -1.74. The van der Waals surface area contributed by atoms with E-state index < -0.39 is 24.2 Å². The van der Waals surface area contributed by atoms with Crippen molar-refractivity contribution in [1.29, 1.82) is 0 Å². The molecule has 2 atom stereocenters. The number of rotatable bonds is 4. The Morgan fingerprint density at radius 3 is 2.45 bits per heavy atom. The van der Waals surface area contributed by atoms with Gasteiger partial charge in [0.25, 0.3) is 5.91 Å². The summed E-state index contributed by atoms with van der Waals surface area (Å²) in [6, 6.07) is 1.22. The second-order valence-corrected chi connectivity index (χ2v) is 11.9. The summed E-state index contributed by atoms with van der Waals surface area (Å²) in [6.45, 7) is 0.543. The molecule has 2 unspecified atom stereocenters. The maximum atomic E-state index is 13.9. The minimum atomic E-state index is -4.51. The third kappa shape index (κ3) is 3.75. The van der Waals surface area contributed by atoms with Crippen LogP contribution in [0.3, 0.4) is 0 Å². The van der Waals surface area contributed by atoms with Crippen molar-refractivity contribution in [3.8, 4) is 0 Å². The predicted molar refractivity (Wildman–Crippen MR) is 121 cm³/mol. The Morgan fingerprint density at radius 1 is 1.21 bits per heavy atom. The molecule has 1 aliphatic heterocycles. The van der Waals surface area contributed by atoms with Gasteiger partial charge in [0.1, 0.15) is 10.8 Å². The van der Waals surface area contributed by atoms with Crippen molar-refractivity contribution < 1.29 is 18.0 Å². The van der Waals surface area contributed by atoms with Gasteiger partial charge in [-0.05, 0) is 73.1 Å². The van der Waals surface area contributed by atoms with Gasteiger partial charge in [0.2, 0.25) is 0 Å². The van der Waals surface area contributed by atoms with E-state index in [1.165, 1.54) is 30.6 Å². The third-order valence-corrected chi connectivity index (χ3v) is 9.53. The second kappa shape index (κ2) is 7.63. The molecule has 0 radical (unpaired) electrons. The van der Waals surface area contributed by atoms with Gasteiger partial charge >= 0.3 is 6.18 Å². The lowest BCUT2D eigenvalue weighted by Gasteiger charge is -2.56. The molecule has 4 aliphatic carbocycles. The summed E-state index contributed by atoms with van der Waals surface area (Å²) in [4.78, 5) is 13.9. The molecule has 4 bridgehead atoms. The predicted octanol–water partition coefficient (Wildman–Crippen LogP) is 6.20. The van der Waals surface area contributed by atoms with Gasteiger partial charge < -0.3 is 10.6 Å². The summed E-state index contributed by atoms with van der Waals surface area (Å²) >= 11 is 7.85. The molecule has 4 saturated carbocycles. The highest BCUT2D eigenvalue weighted by atomic mass is 35.5. The normalized spacial score (nSPS) is 34.7. The Kier molecular flexibility index (Phi) is 5.04. The Labute approximate surface area is 199 Å². The molecule has 0 saturated heterocycles. The number of nitrogens with one attached hydrogen (secondary N) is 2. The molecule has 5 nitrogen and oxygen atoms in total. The van der Waals surface area contributed by atoms with Crippen molar-refractivity contribution in [2.24, 2.45) is 23.2 Å². The largest absolute Gasteiger partial charge is 0.410 e. The molecular weight excluding hydrogens is 473 g/mol. The first-order valence-corrected chi connectivity index (χ1v) is 12.9. The highest BCUT2D eigenvalue weighted by Gasteiger charge is 2.51.